The van der Waals surface area contributed by atoms with Crippen molar-refractivity contribution in [1.82, 2.24) is 0 Å². The third-order valence-corrected chi connectivity index (χ3v) is 3.84. The fourth-order valence-corrected chi connectivity index (χ4v) is 2.73. The zero-order valence-corrected chi connectivity index (χ0v) is 10.1. The lowest BCUT2D eigenvalue weighted by atomic mass is 9.88. The second kappa shape index (κ2) is 3.80. The topological polar surface area (TPSA) is 20.2 Å². The van der Waals surface area contributed by atoms with Crippen LogP contribution in [0.15, 0.2) is 12.1 Å². The average molecular weight is 225 g/mol. The predicted octanol–water partition coefficient (Wildman–Crippen LogP) is 3.72. The van der Waals surface area contributed by atoms with Gasteiger partial charge in [0.15, 0.2) is 0 Å². The van der Waals surface area contributed by atoms with Gasteiger partial charge < -0.3 is 5.11 Å². The number of aryl methyl sites for hydroxylation is 2. The molecule has 2 rings (SSSR count). The Morgan fingerprint density at radius 1 is 1.13 bits per heavy atom. The van der Waals surface area contributed by atoms with Crippen molar-refractivity contribution in [2.75, 3.05) is 0 Å². The molecule has 0 atom stereocenters. The van der Waals surface area contributed by atoms with Crippen LogP contribution in [0.5, 0.6) is 0 Å². The molecule has 1 aliphatic carbocycles. The summed E-state index contributed by atoms with van der Waals surface area (Å²) in [6.45, 7) is 4.01. The minimum absolute atomic E-state index is 0.598. The smallest absolute Gasteiger partial charge is 0.0899 e. The maximum absolute atomic E-state index is 10.5. The molecule has 1 aromatic carbocycles. The second-order valence-electron chi connectivity index (χ2n) is 4.66. The van der Waals surface area contributed by atoms with Gasteiger partial charge in [0.2, 0.25) is 0 Å². The lowest BCUT2D eigenvalue weighted by Gasteiger charge is -2.25. The summed E-state index contributed by atoms with van der Waals surface area (Å²) in [5.41, 5.74) is 2.63. The first-order valence-corrected chi connectivity index (χ1v) is 5.90. The van der Waals surface area contributed by atoms with E-state index >= 15 is 0 Å². The lowest BCUT2D eigenvalue weighted by molar-refractivity contribution is 0.0438. The van der Waals surface area contributed by atoms with Gasteiger partial charge in [0, 0.05) is 5.02 Å². The normalized spacial score (nSPS) is 19.5. The van der Waals surface area contributed by atoms with Gasteiger partial charge in [-0.2, -0.15) is 0 Å². The SMILES string of the molecule is Cc1cc(C2(O)CCCC2)c(C)cc1Cl. The van der Waals surface area contributed by atoms with Crippen LogP contribution in [0, 0.1) is 13.8 Å². The number of hydrogen-bond acceptors (Lipinski definition) is 1. The van der Waals surface area contributed by atoms with Crippen molar-refractivity contribution in [2.24, 2.45) is 0 Å². The van der Waals surface area contributed by atoms with Crippen molar-refractivity contribution >= 4 is 11.6 Å². The first-order valence-electron chi connectivity index (χ1n) is 5.52. The monoisotopic (exact) mass is 224 g/mol. The Morgan fingerprint density at radius 2 is 1.73 bits per heavy atom. The molecule has 15 heavy (non-hydrogen) atoms. The Bertz CT molecular complexity index is 378. The molecule has 0 amide bonds. The van der Waals surface area contributed by atoms with Gasteiger partial charge in [0.25, 0.3) is 0 Å². The van der Waals surface area contributed by atoms with E-state index < -0.39 is 5.60 Å². The third-order valence-electron chi connectivity index (χ3n) is 3.44. The van der Waals surface area contributed by atoms with Crippen LogP contribution < -0.4 is 0 Å². The van der Waals surface area contributed by atoms with Crippen LogP contribution in [0.4, 0.5) is 0 Å². The number of halogens is 1. The van der Waals surface area contributed by atoms with E-state index in [1.165, 1.54) is 0 Å². The molecule has 0 saturated heterocycles. The Kier molecular flexibility index (Phi) is 2.78. The predicted molar refractivity (Wildman–Crippen MR) is 63.3 cm³/mol. The van der Waals surface area contributed by atoms with Gasteiger partial charge in [-0.1, -0.05) is 30.5 Å². The van der Waals surface area contributed by atoms with E-state index in [9.17, 15) is 5.11 Å². The third kappa shape index (κ3) is 1.91. The van der Waals surface area contributed by atoms with E-state index in [-0.39, 0.29) is 0 Å². The summed E-state index contributed by atoms with van der Waals surface area (Å²) < 4.78 is 0. The number of rotatable bonds is 1. The van der Waals surface area contributed by atoms with Gasteiger partial charge in [-0.3, -0.25) is 0 Å². The van der Waals surface area contributed by atoms with Crippen molar-refractivity contribution in [3.63, 3.8) is 0 Å². The molecule has 0 bridgehead atoms. The van der Waals surface area contributed by atoms with Crippen molar-refractivity contribution in [3.05, 3.63) is 33.8 Å². The standard InChI is InChI=1S/C13H17ClO/c1-9-8-12(14)10(2)7-11(9)13(15)5-3-4-6-13/h7-8,15H,3-6H2,1-2H3. The number of aliphatic hydroxyl groups is 1. The highest BCUT2D eigenvalue weighted by molar-refractivity contribution is 6.31. The maximum atomic E-state index is 10.5. The molecular formula is C13H17ClO. The molecule has 0 aromatic heterocycles. The van der Waals surface area contributed by atoms with Crippen LogP contribution in [-0.4, -0.2) is 5.11 Å². The lowest BCUT2D eigenvalue weighted by Crippen LogP contribution is -2.22. The molecule has 1 aromatic rings. The quantitative estimate of drug-likeness (QED) is 0.771. The first kappa shape index (κ1) is 11.0. The molecular weight excluding hydrogens is 208 g/mol. The Labute approximate surface area is 96.1 Å². The fraction of sp³-hybridized carbons (Fsp3) is 0.538. The summed E-state index contributed by atoms with van der Waals surface area (Å²) in [5, 5.41) is 11.3. The average Bonchev–Trinajstić information content (AvgIpc) is 2.60. The number of benzene rings is 1. The largest absolute Gasteiger partial charge is 0.385 e. The van der Waals surface area contributed by atoms with Crippen LogP contribution >= 0.6 is 11.6 Å². The molecule has 0 heterocycles. The van der Waals surface area contributed by atoms with Gasteiger partial charge in [0.05, 0.1) is 5.60 Å². The summed E-state index contributed by atoms with van der Waals surface area (Å²) >= 11 is 6.06. The summed E-state index contributed by atoms with van der Waals surface area (Å²) in [6.07, 6.45) is 4.01. The van der Waals surface area contributed by atoms with E-state index in [0.29, 0.717) is 0 Å². The summed E-state index contributed by atoms with van der Waals surface area (Å²) in [7, 11) is 0. The van der Waals surface area contributed by atoms with Crippen LogP contribution in [0.2, 0.25) is 5.02 Å². The van der Waals surface area contributed by atoms with Gasteiger partial charge in [0.1, 0.15) is 0 Å². The Balaban J connectivity index is 2.48. The van der Waals surface area contributed by atoms with Crippen molar-refractivity contribution < 1.29 is 5.11 Å². The molecule has 0 aliphatic heterocycles. The minimum atomic E-state index is -0.598. The highest BCUT2D eigenvalue weighted by Crippen LogP contribution is 2.41. The van der Waals surface area contributed by atoms with E-state index in [0.717, 1.165) is 47.4 Å². The van der Waals surface area contributed by atoms with Crippen LogP contribution in [-0.2, 0) is 5.60 Å². The fourth-order valence-electron chi connectivity index (χ4n) is 2.51. The summed E-state index contributed by atoms with van der Waals surface area (Å²) in [4.78, 5) is 0. The van der Waals surface area contributed by atoms with E-state index in [4.69, 9.17) is 11.6 Å². The Morgan fingerprint density at radius 3 is 2.33 bits per heavy atom. The second-order valence-corrected chi connectivity index (χ2v) is 5.06. The highest BCUT2D eigenvalue weighted by atomic mass is 35.5. The number of hydrogen-bond donors (Lipinski definition) is 1. The van der Waals surface area contributed by atoms with Gasteiger partial charge in [-0.25, -0.2) is 0 Å². The Hall–Kier alpha value is -0.530. The van der Waals surface area contributed by atoms with E-state index in [2.05, 4.69) is 0 Å². The molecule has 1 aliphatic rings. The minimum Gasteiger partial charge on any atom is -0.385 e. The van der Waals surface area contributed by atoms with Crippen molar-refractivity contribution in [3.8, 4) is 0 Å². The summed E-state index contributed by atoms with van der Waals surface area (Å²) in [6, 6.07) is 4.01. The van der Waals surface area contributed by atoms with Gasteiger partial charge in [-0.15, -0.1) is 0 Å². The molecule has 82 valence electrons. The molecule has 0 unspecified atom stereocenters. The molecule has 0 radical (unpaired) electrons. The summed E-state index contributed by atoms with van der Waals surface area (Å²) in [5.74, 6) is 0. The highest BCUT2D eigenvalue weighted by Gasteiger charge is 2.34. The van der Waals surface area contributed by atoms with Gasteiger partial charge >= 0.3 is 0 Å². The first-order chi connectivity index (χ1) is 7.03. The molecule has 1 N–H and O–H groups in total. The molecule has 1 nitrogen and oxygen atoms in total. The maximum Gasteiger partial charge on any atom is 0.0899 e. The molecule has 1 saturated carbocycles. The zero-order valence-electron chi connectivity index (χ0n) is 9.31. The molecule has 1 fully saturated rings. The van der Waals surface area contributed by atoms with Crippen LogP contribution in [0.25, 0.3) is 0 Å². The van der Waals surface area contributed by atoms with Crippen molar-refractivity contribution in [1.29, 1.82) is 0 Å². The van der Waals surface area contributed by atoms with Gasteiger partial charge in [-0.05, 0) is 49.4 Å². The van der Waals surface area contributed by atoms with E-state index in [1.807, 2.05) is 26.0 Å². The van der Waals surface area contributed by atoms with Crippen LogP contribution in [0.1, 0.15) is 42.4 Å². The van der Waals surface area contributed by atoms with E-state index in [1.54, 1.807) is 0 Å². The zero-order chi connectivity index (χ0) is 11.1. The van der Waals surface area contributed by atoms with Crippen LogP contribution in [0.3, 0.4) is 0 Å². The molecule has 2 heteroatoms. The van der Waals surface area contributed by atoms with Crippen molar-refractivity contribution in [2.45, 2.75) is 45.1 Å². The molecule has 0 spiro atoms.